The third kappa shape index (κ3) is 3.10. The second-order valence-electron chi connectivity index (χ2n) is 4.52. The van der Waals surface area contributed by atoms with Gasteiger partial charge in [0, 0.05) is 25.8 Å². The molecule has 0 atom stereocenters. The van der Waals surface area contributed by atoms with Gasteiger partial charge in [-0.3, -0.25) is 9.48 Å². The Morgan fingerprint density at radius 2 is 2.28 bits per heavy atom. The van der Waals surface area contributed by atoms with E-state index < -0.39 is 0 Å². The fraction of sp³-hybridized carbons (Fsp3) is 0.615. The summed E-state index contributed by atoms with van der Waals surface area (Å²) in [4.78, 5) is 14.2. The topological polar surface area (TPSA) is 61.9 Å². The second kappa shape index (κ2) is 6.20. The van der Waals surface area contributed by atoms with E-state index in [4.69, 9.17) is 5.26 Å². The lowest BCUT2D eigenvalue weighted by molar-refractivity contribution is 0.0709. The molecule has 0 N–H and O–H groups in total. The first-order valence-electron chi connectivity index (χ1n) is 6.21. The van der Waals surface area contributed by atoms with Gasteiger partial charge in [0.1, 0.15) is 0 Å². The smallest absolute Gasteiger partial charge is 0.257 e. The first-order chi connectivity index (χ1) is 8.51. The molecule has 0 fully saturated rings. The first kappa shape index (κ1) is 14.2. The van der Waals surface area contributed by atoms with Crippen molar-refractivity contribution in [1.29, 1.82) is 5.26 Å². The molecule has 0 bridgehead atoms. The summed E-state index contributed by atoms with van der Waals surface area (Å²) < 4.78 is 1.66. The minimum Gasteiger partial charge on any atom is -0.335 e. The number of nitriles is 1. The molecule has 1 rings (SSSR count). The summed E-state index contributed by atoms with van der Waals surface area (Å²) >= 11 is 0. The van der Waals surface area contributed by atoms with Gasteiger partial charge >= 0.3 is 0 Å². The Kier molecular flexibility index (Phi) is 4.90. The van der Waals surface area contributed by atoms with Crippen LogP contribution in [0.2, 0.25) is 0 Å². The van der Waals surface area contributed by atoms with Crippen LogP contribution in [0.1, 0.15) is 43.2 Å². The van der Waals surface area contributed by atoms with Crippen molar-refractivity contribution in [2.45, 2.75) is 39.7 Å². The van der Waals surface area contributed by atoms with E-state index in [0.717, 1.165) is 12.1 Å². The van der Waals surface area contributed by atoms with Crippen molar-refractivity contribution in [2.75, 3.05) is 6.54 Å². The van der Waals surface area contributed by atoms with E-state index in [1.807, 2.05) is 27.8 Å². The number of carbonyl (C=O) groups excluding carboxylic acids is 1. The number of aromatic nitrogens is 2. The highest BCUT2D eigenvalue weighted by atomic mass is 16.2. The van der Waals surface area contributed by atoms with Gasteiger partial charge in [-0.25, -0.2) is 0 Å². The number of nitrogens with zero attached hydrogens (tertiary/aromatic N) is 4. The van der Waals surface area contributed by atoms with Gasteiger partial charge in [0.05, 0.1) is 23.7 Å². The molecule has 1 aromatic heterocycles. The molecule has 98 valence electrons. The standard InChI is InChI=1S/C13H20N4O/c1-5-12-11(9-16(4)15-12)13(18)17(10(2)3)8-6-7-14/h9-10H,5-6,8H2,1-4H3. The van der Waals surface area contributed by atoms with E-state index in [1.165, 1.54) is 0 Å². The van der Waals surface area contributed by atoms with Crippen molar-refractivity contribution in [2.24, 2.45) is 7.05 Å². The number of rotatable bonds is 5. The molecular formula is C13H20N4O. The van der Waals surface area contributed by atoms with Gasteiger partial charge in [0.15, 0.2) is 0 Å². The van der Waals surface area contributed by atoms with E-state index in [2.05, 4.69) is 11.2 Å². The van der Waals surface area contributed by atoms with E-state index in [-0.39, 0.29) is 11.9 Å². The molecule has 1 heterocycles. The average Bonchev–Trinajstić information content (AvgIpc) is 2.70. The molecule has 0 aliphatic carbocycles. The van der Waals surface area contributed by atoms with Gasteiger partial charge in [-0.1, -0.05) is 6.92 Å². The van der Waals surface area contributed by atoms with Crippen LogP contribution in [0.4, 0.5) is 0 Å². The summed E-state index contributed by atoms with van der Waals surface area (Å²) in [6.07, 6.45) is 2.83. The summed E-state index contributed by atoms with van der Waals surface area (Å²) in [6.45, 7) is 6.35. The molecule has 5 heteroatoms. The lowest BCUT2D eigenvalue weighted by Gasteiger charge is -2.25. The number of hydrogen-bond donors (Lipinski definition) is 0. The lowest BCUT2D eigenvalue weighted by atomic mass is 10.1. The number of hydrogen-bond acceptors (Lipinski definition) is 3. The van der Waals surface area contributed by atoms with Crippen LogP contribution in [0.3, 0.4) is 0 Å². The van der Waals surface area contributed by atoms with Crippen molar-refractivity contribution < 1.29 is 4.79 Å². The predicted molar refractivity (Wildman–Crippen MR) is 69.0 cm³/mol. The van der Waals surface area contributed by atoms with Gasteiger partial charge in [0.25, 0.3) is 5.91 Å². The monoisotopic (exact) mass is 248 g/mol. The molecule has 5 nitrogen and oxygen atoms in total. The number of aryl methyl sites for hydroxylation is 2. The van der Waals surface area contributed by atoms with E-state index in [9.17, 15) is 4.79 Å². The summed E-state index contributed by atoms with van der Waals surface area (Å²) in [5.41, 5.74) is 1.46. The normalized spacial score (nSPS) is 10.4. The summed E-state index contributed by atoms with van der Waals surface area (Å²) in [7, 11) is 1.81. The Labute approximate surface area is 108 Å². The van der Waals surface area contributed by atoms with E-state index >= 15 is 0 Å². The highest BCUT2D eigenvalue weighted by Gasteiger charge is 2.22. The molecule has 0 radical (unpaired) electrons. The minimum atomic E-state index is -0.0369. The van der Waals surface area contributed by atoms with E-state index in [1.54, 1.807) is 15.8 Å². The van der Waals surface area contributed by atoms with Crippen LogP contribution < -0.4 is 0 Å². The first-order valence-corrected chi connectivity index (χ1v) is 6.21. The second-order valence-corrected chi connectivity index (χ2v) is 4.52. The molecule has 1 aromatic rings. The maximum Gasteiger partial charge on any atom is 0.257 e. The molecule has 0 saturated carbocycles. The molecule has 18 heavy (non-hydrogen) atoms. The van der Waals surface area contributed by atoms with Crippen molar-refractivity contribution in [3.8, 4) is 6.07 Å². The Morgan fingerprint density at radius 3 is 2.78 bits per heavy atom. The van der Waals surface area contributed by atoms with Crippen LogP contribution in [0.15, 0.2) is 6.20 Å². The van der Waals surface area contributed by atoms with Crippen LogP contribution in [-0.4, -0.2) is 33.2 Å². The average molecular weight is 248 g/mol. The third-order valence-electron chi connectivity index (χ3n) is 2.82. The summed E-state index contributed by atoms with van der Waals surface area (Å²) in [6, 6.07) is 2.16. The maximum absolute atomic E-state index is 12.4. The van der Waals surface area contributed by atoms with Crippen molar-refractivity contribution in [3.63, 3.8) is 0 Å². The largest absolute Gasteiger partial charge is 0.335 e. The van der Waals surface area contributed by atoms with Crippen LogP contribution in [0, 0.1) is 11.3 Å². The molecule has 1 amide bonds. The molecular weight excluding hydrogens is 228 g/mol. The van der Waals surface area contributed by atoms with Crippen molar-refractivity contribution in [1.82, 2.24) is 14.7 Å². The van der Waals surface area contributed by atoms with Crippen molar-refractivity contribution in [3.05, 3.63) is 17.5 Å². The van der Waals surface area contributed by atoms with Crippen LogP contribution in [0.25, 0.3) is 0 Å². The molecule has 0 aliphatic rings. The predicted octanol–water partition coefficient (Wildman–Crippen LogP) is 1.75. The van der Waals surface area contributed by atoms with Gasteiger partial charge in [-0.05, 0) is 20.3 Å². The third-order valence-corrected chi connectivity index (χ3v) is 2.82. The molecule has 0 aromatic carbocycles. The molecule has 0 aliphatic heterocycles. The Morgan fingerprint density at radius 1 is 1.61 bits per heavy atom. The van der Waals surface area contributed by atoms with Gasteiger partial charge in [-0.2, -0.15) is 10.4 Å². The zero-order valence-electron chi connectivity index (χ0n) is 11.5. The van der Waals surface area contributed by atoms with Crippen LogP contribution >= 0.6 is 0 Å². The highest BCUT2D eigenvalue weighted by Crippen LogP contribution is 2.13. The fourth-order valence-corrected chi connectivity index (χ4v) is 1.89. The molecule has 0 unspecified atom stereocenters. The molecule has 0 saturated heterocycles. The van der Waals surface area contributed by atoms with Gasteiger partial charge in [-0.15, -0.1) is 0 Å². The zero-order chi connectivity index (χ0) is 13.7. The lowest BCUT2D eigenvalue weighted by Crippen LogP contribution is -2.37. The Bertz CT molecular complexity index is 456. The highest BCUT2D eigenvalue weighted by molar-refractivity contribution is 5.95. The number of amides is 1. The Hall–Kier alpha value is -1.83. The quantitative estimate of drug-likeness (QED) is 0.797. The van der Waals surface area contributed by atoms with Gasteiger partial charge in [0.2, 0.25) is 0 Å². The Balaban J connectivity index is 2.98. The zero-order valence-corrected chi connectivity index (χ0v) is 11.5. The summed E-state index contributed by atoms with van der Waals surface area (Å²) in [5.74, 6) is -0.0369. The minimum absolute atomic E-state index is 0.0369. The maximum atomic E-state index is 12.4. The van der Waals surface area contributed by atoms with Crippen molar-refractivity contribution >= 4 is 5.91 Å². The van der Waals surface area contributed by atoms with E-state index in [0.29, 0.717) is 18.5 Å². The number of carbonyl (C=O) groups is 1. The SMILES string of the molecule is CCc1nn(C)cc1C(=O)N(CCC#N)C(C)C. The van der Waals surface area contributed by atoms with Crippen LogP contribution in [-0.2, 0) is 13.5 Å². The molecule has 0 spiro atoms. The van der Waals surface area contributed by atoms with Crippen LogP contribution in [0.5, 0.6) is 0 Å². The van der Waals surface area contributed by atoms with Gasteiger partial charge < -0.3 is 4.90 Å². The summed E-state index contributed by atoms with van der Waals surface area (Å²) in [5, 5.41) is 12.9. The fourth-order valence-electron chi connectivity index (χ4n) is 1.89.